The molecule has 0 bridgehead atoms. The Kier molecular flexibility index (Phi) is 5.47. The van der Waals surface area contributed by atoms with E-state index in [-0.39, 0.29) is 23.7 Å². The maximum atomic E-state index is 12.3. The summed E-state index contributed by atoms with van der Waals surface area (Å²) in [6.07, 6.45) is 0.437. The fourth-order valence-electron chi connectivity index (χ4n) is 2.78. The molecule has 1 aromatic rings. The summed E-state index contributed by atoms with van der Waals surface area (Å²) in [6, 6.07) is 1.82. The van der Waals surface area contributed by atoms with E-state index in [1.807, 2.05) is 11.4 Å². The Labute approximate surface area is 136 Å². The van der Waals surface area contributed by atoms with E-state index >= 15 is 0 Å². The Balaban J connectivity index is 1.96. The van der Waals surface area contributed by atoms with Gasteiger partial charge in [-0.2, -0.15) is 0 Å². The summed E-state index contributed by atoms with van der Waals surface area (Å²) in [4.78, 5) is 15.3. The molecule has 0 spiro atoms. The van der Waals surface area contributed by atoms with Crippen molar-refractivity contribution in [2.24, 2.45) is 0 Å². The molecule has 0 saturated carbocycles. The first-order valence-electron chi connectivity index (χ1n) is 7.63. The molecule has 1 aliphatic heterocycles. The van der Waals surface area contributed by atoms with Crippen LogP contribution in [-0.2, 0) is 4.74 Å². The average molecular weight is 326 g/mol. The molecule has 22 heavy (non-hydrogen) atoms. The van der Waals surface area contributed by atoms with Gasteiger partial charge in [0.15, 0.2) is 0 Å². The summed E-state index contributed by atoms with van der Waals surface area (Å²) in [6.45, 7) is 10.9. The number of methoxy groups -OCH3 is 1. The van der Waals surface area contributed by atoms with Gasteiger partial charge in [0.2, 0.25) is 0 Å². The molecule has 0 aliphatic carbocycles. The van der Waals surface area contributed by atoms with Gasteiger partial charge in [0.05, 0.1) is 19.3 Å². The number of hydrogen-bond acceptors (Lipinski definition) is 5. The van der Waals surface area contributed by atoms with Gasteiger partial charge in [-0.3, -0.25) is 9.69 Å². The molecule has 5 nitrogen and oxygen atoms in total. The summed E-state index contributed by atoms with van der Waals surface area (Å²) < 4.78 is 11.0. The predicted molar refractivity (Wildman–Crippen MR) is 88.9 cm³/mol. The lowest BCUT2D eigenvalue weighted by molar-refractivity contribution is -0.0948. The number of thiophene rings is 1. The topological polar surface area (TPSA) is 50.8 Å². The summed E-state index contributed by atoms with van der Waals surface area (Å²) in [7, 11) is 1.58. The monoisotopic (exact) mass is 326 g/mol. The van der Waals surface area contributed by atoms with Gasteiger partial charge in [0, 0.05) is 25.2 Å². The van der Waals surface area contributed by atoms with Gasteiger partial charge in [-0.1, -0.05) is 0 Å². The van der Waals surface area contributed by atoms with E-state index < -0.39 is 0 Å². The minimum absolute atomic E-state index is 0.0747. The second-order valence-corrected chi connectivity index (χ2v) is 7.39. The Hall–Kier alpha value is -1.11. The number of morpholine rings is 1. The fourth-order valence-corrected chi connectivity index (χ4v) is 3.56. The van der Waals surface area contributed by atoms with Gasteiger partial charge in [-0.25, -0.2) is 0 Å². The molecule has 0 aromatic carbocycles. The molecule has 1 aromatic heterocycles. The zero-order valence-electron chi connectivity index (χ0n) is 14.0. The molecule has 124 valence electrons. The highest BCUT2D eigenvalue weighted by atomic mass is 32.1. The minimum atomic E-state index is -0.119. The van der Waals surface area contributed by atoms with Crippen LogP contribution in [-0.4, -0.2) is 55.3 Å². The molecule has 0 unspecified atom stereocenters. The number of rotatable bonds is 5. The van der Waals surface area contributed by atoms with Gasteiger partial charge in [-0.05, 0) is 39.1 Å². The Morgan fingerprint density at radius 1 is 1.45 bits per heavy atom. The van der Waals surface area contributed by atoms with E-state index in [4.69, 9.17) is 9.47 Å². The normalized spacial score (nSPS) is 23.3. The first kappa shape index (κ1) is 17.2. The molecule has 2 heterocycles. The number of carbonyl (C=O) groups excluding carboxylic acids is 1. The third kappa shape index (κ3) is 4.00. The van der Waals surface area contributed by atoms with E-state index in [0.717, 1.165) is 13.1 Å². The third-order valence-corrected chi connectivity index (χ3v) is 4.91. The zero-order chi connectivity index (χ0) is 16.3. The lowest BCUT2D eigenvalue weighted by Crippen LogP contribution is -2.58. The number of amides is 1. The van der Waals surface area contributed by atoms with E-state index in [2.05, 4.69) is 37.9 Å². The molecule has 1 saturated heterocycles. The Bertz CT molecular complexity index is 505. The van der Waals surface area contributed by atoms with Crippen LogP contribution in [0.25, 0.3) is 0 Å². The summed E-state index contributed by atoms with van der Waals surface area (Å²) in [5.74, 6) is 0.559. The summed E-state index contributed by atoms with van der Waals surface area (Å²) in [5.41, 5.74) is -0.119. The van der Waals surface area contributed by atoms with Crippen molar-refractivity contribution >= 4 is 17.2 Å². The molecule has 1 amide bonds. The van der Waals surface area contributed by atoms with Crippen LogP contribution >= 0.6 is 11.3 Å². The Morgan fingerprint density at radius 2 is 2.09 bits per heavy atom. The van der Waals surface area contributed by atoms with Gasteiger partial charge in [0.1, 0.15) is 10.6 Å². The molecule has 6 heteroatoms. The molecule has 0 radical (unpaired) electrons. The van der Waals surface area contributed by atoms with Gasteiger partial charge in [0.25, 0.3) is 5.91 Å². The lowest BCUT2D eigenvalue weighted by Gasteiger charge is -2.45. The van der Waals surface area contributed by atoms with Crippen LogP contribution in [0.5, 0.6) is 5.75 Å². The maximum absolute atomic E-state index is 12.3. The van der Waals surface area contributed by atoms with Crippen molar-refractivity contribution in [1.82, 2.24) is 10.2 Å². The van der Waals surface area contributed by atoms with Crippen molar-refractivity contribution in [2.75, 3.05) is 26.7 Å². The van der Waals surface area contributed by atoms with Crippen molar-refractivity contribution in [1.29, 1.82) is 0 Å². The van der Waals surface area contributed by atoms with Crippen LogP contribution in [0.4, 0.5) is 0 Å². The van der Waals surface area contributed by atoms with Crippen molar-refractivity contribution in [3.05, 3.63) is 16.3 Å². The molecule has 1 N–H and O–H groups in total. The minimum Gasteiger partial charge on any atom is -0.495 e. The van der Waals surface area contributed by atoms with E-state index in [9.17, 15) is 4.79 Å². The highest BCUT2D eigenvalue weighted by Gasteiger charge is 2.33. The number of hydrogen-bond donors (Lipinski definition) is 1. The molecule has 2 atom stereocenters. The van der Waals surface area contributed by atoms with E-state index in [0.29, 0.717) is 17.2 Å². The lowest BCUT2D eigenvalue weighted by atomic mass is 10.00. The molecule has 1 aliphatic rings. The van der Waals surface area contributed by atoms with Crippen LogP contribution in [0.1, 0.15) is 37.4 Å². The summed E-state index contributed by atoms with van der Waals surface area (Å²) in [5, 5.41) is 4.90. The van der Waals surface area contributed by atoms with Crippen molar-refractivity contribution in [2.45, 2.75) is 45.4 Å². The molecule has 2 rings (SSSR count). The van der Waals surface area contributed by atoms with Crippen molar-refractivity contribution in [3.8, 4) is 5.75 Å². The second-order valence-electron chi connectivity index (χ2n) is 6.48. The van der Waals surface area contributed by atoms with Crippen molar-refractivity contribution < 1.29 is 14.3 Å². The SMILES string of the molecule is COc1ccsc1C(=O)NCC(C)(C)N1C[C@@H](C)O[C@@H](C)C1. The average Bonchev–Trinajstić information content (AvgIpc) is 2.92. The van der Waals surface area contributed by atoms with Crippen molar-refractivity contribution in [3.63, 3.8) is 0 Å². The van der Waals surface area contributed by atoms with Gasteiger partial charge in [-0.15, -0.1) is 11.3 Å². The van der Waals surface area contributed by atoms with Gasteiger partial charge < -0.3 is 14.8 Å². The molecular weight excluding hydrogens is 300 g/mol. The largest absolute Gasteiger partial charge is 0.495 e. The van der Waals surface area contributed by atoms with Crippen LogP contribution in [0.3, 0.4) is 0 Å². The van der Waals surface area contributed by atoms with E-state index in [1.165, 1.54) is 11.3 Å². The first-order chi connectivity index (χ1) is 10.3. The number of carbonyl (C=O) groups is 1. The van der Waals surface area contributed by atoms with Crippen LogP contribution in [0, 0.1) is 0 Å². The predicted octanol–water partition coefficient (Wildman–Crippen LogP) is 2.37. The Morgan fingerprint density at radius 3 is 2.68 bits per heavy atom. The number of nitrogens with zero attached hydrogens (tertiary/aromatic N) is 1. The zero-order valence-corrected chi connectivity index (χ0v) is 14.8. The third-order valence-electron chi connectivity index (χ3n) is 4.01. The number of nitrogens with one attached hydrogen (secondary N) is 1. The van der Waals surface area contributed by atoms with Crippen LogP contribution in [0.2, 0.25) is 0 Å². The smallest absolute Gasteiger partial charge is 0.265 e. The fraction of sp³-hybridized carbons (Fsp3) is 0.688. The van der Waals surface area contributed by atoms with E-state index in [1.54, 1.807) is 7.11 Å². The quantitative estimate of drug-likeness (QED) is 0.902. The van der Waals surface area contributed by atoms with Crippen LogP contribution in [0.15, 0.2) is 11.4 Å². The maximum Gasteiger partial charge on any atom is 0.265 e. The summed E-state index contributed by atoms with van der Waals surface area (Å²) >= 11 is 1.40. The molecule has 1 fully saturated rings. The first-order valence-corrected chi connectivity index (χ1v) is 8.51. The number of ether oxygens (including phenoxy) is 2. The van der Waals surface area contributed by atoms with Gasteiger partial charge >= 0.3 is 0 Å². The molecular formula is C16H26N2O3S. The highest BCUT2D eigenvalue weighted by molar-refractivity contribution is 7.12. The van der Waals surface area contributed by atoms with Crippen LogP contribution < -0.4 is 10.1 Å². The second kappa shape index (κ2) is 6.98. The standard InChI is InChI=1S/C16H26N2O3S/c1-11-8-18(9-12(2)21-11)16(3,4)10-17-15(19)14-13(20-5)6-7-22-14/h6-7,11-12H,8-10H2,1-5H3,(H,17,19)/t11-,12+. The highest BCUT2D eigenvalue weighted by Crippen LogP contribution is 2.25.